The molecule has 0 spiro atoms. The van der Waals surface area contributed by atoms with Crippen LogP contribution in [0.5, 0.6) is 0 Å². The van der Waals surface area contributed by atoms with Gasteiger partial charge in [0.15, 0.2) is 0 Å². The molecule has 22 rings (SSSR count). The van der Waals surface area contributed by atoms with Crippen LogP contribution in [0.4, 0.5) is 34.1 Å². The van der Waals surface area contributed by atoms with E-state index in [2.05, 4.69) is 508 Å². The van der Waals surface area contributed by atoms with Gasteiger partial charge in [0, 0.05) is 78.2 Å². The van der Waals surface area contributed by atoms with E-state index in [0.29, 0.717) is 0 Å². The third-order valence-corrected chi connectivity index (χ3v) is 25.2. The molecular weight excluding hydrogens is 1470 g/mol. The van der Waals surface area contributed by atoms with Crippen molar-refractivity contribution < 1.29 is 0 Å². The molecule has 0 saturated heterocycles. The Morgan fingerprint density at radius 1 is 0.180 bits per heavy atom. The number of hydrogen-bond donors (Lipinski definition) is 0. The van der Waals surface area contributed by atoms with Crippen LogP contribution >= 0.6 is 0 Å². The first kappa shape index (κ1) is 74.2. The molecular formula is C118H88N4. The third-order valence-electron chi connectivity index (χ3n) is 25.2. The number of anilines is 6. The van der Waals surface area contributed by atoms with Gasteiger partial charge in [-0.3, -0.25) is 0 Å². The number of benzene rings is 18. The van der Waals surface area contributed by atoms with E-state index in [1.165, 1.54) is 167 Å². The zero-order chi connectivity index (χ0) is 81.8. The van der Waals surface area contributed by atoms with Gasteiger partial charge in [-0.05, 0) is 233 Å². The molecule has 0 saturated carbocycles. The number of hydrogen-bond acceptors (Lipinski definition) is 2. The number of rotatable bonds is 16. The van der Waals surface area contributed by atoms with E-state index in [4.69, 9.17) is 0 Å². The summed E-state index contributed by atoms with van der Waals surface area (Å²) in [5, 5.41) is 2.62. The molecule has 0 radical (unpaired) electrons. The summed E-state index contributed by atoms with van der Waals surface area (Å²) < 4.78 is 4.96. The third kappa shape index (κ3) is 13.5. The van der Waals surface area contributed by atoms with E-state index in [9.17, 15) is 0 Å². The summed E-state index contributed by atoms with van der Waals surface area (Å²) in [5.74, 6) is 0. The van der Waals surface area contributed by atoms with Gasteiger partial charge in [0.05, 0.1) is 22.4 Å². The summed E-state index contributed by atoms with van der Waals surface area (Å²) in [7, 11) is 0. The second-order valence-corrected chi connectivity index (χ2v) is 33.2. The van der Waals surface area contributed by atoms with Crippen molar-refractivity contribution in [3.8, 4) is 123 Å². The average molecular weight is 1560 g/mol. The maximum Gasteiger partial charge on any atom is 0.0584 e. The largest absolute Gasteiger partial charge is 0.311 e. The van der Waals surface area contributed by atoms with Crippen LogP contribution in [-0.4, -0.2) is 9.13 Å². The first-order valence-corrected chi connectivity index (χ1v) is 42.3. The Kier molecular flexibility index (Phi) is 19.0. The van der Waals surface area contributed by atoms with Crippen LogP contribution < -0.4 is 9.80 Å². The normalized spacial score (nSPS) is 12.6. The Bertz CT molecular complexity index is 7080. The molecule has 0 aliphatic heterocycles. The smallest absolute Gasteiger partial charge is 0.0584 e. The highest BCUT2D eigenvalue weighted by atomic mass is 15.1. The summed E-state index contributed by atoms with van der Waals surface area (Å²) >= 11 is 0. The molecule has 2 aliphatic carbocycles. The van der Waals surface area contributed by atoms with E-state index in [1.54, 1.807) is 0 Å². The Balaban J connectivity index is 0.000000150. The molecule has 20 aromatic rings. The van der Waals surface area contributed by atoms with E-state index in [0.717, 1.165) is 34.1 Å². The van der Waals surface area contributed by atoms with Crippen LogP contribution in [-0.2, 0) is 10.8 Å². The lowest BCUT2D eigenvalue weighted by Gasteiger charge is -2.26. The van der Waals surface area contributed by atoms with Crippen molar-refractivity contribution in [1.82, 2.24) is 9.13 Å². The molecule has 0 bridgehead atoms. The maximum absolute atomic E-state index is 2.49. The Hall–Kier alpha value is -15.4. The lowest BCUT2D eigenvalue weighted by atomic mass is 9.81. The zero-order valence-corrected chi connectivity index (χ0v) is 68.7. The van der Waals surface area contributed by atoms with Gasteiger partial charge in [-0.1, -0.05) is 367 Å². The fourth-order valence-electron chi connectivity index (χ4n) is 19.1. The molecule has 0 amide bonds. The van der Waals surface area contributed by atoms with Crippen molar-refractivity contribution in [2.75, 3.05) is 9.80 Å². The molecule has 0 N–H and O–H groups in total. The summed E-state index contributed by atoms with van der Waals surface area (Å²) in [6.07, 6.45) is 0. The van der Waals surface area contributed by atoms with E-state index < -0.39 is 0 Å². The molecule has 0 unspecified atom stereocenters. The molecule has 4 heteroatoms. The Morgan fingerprint density at radius 3 is 0.680 bits per heavy atom. The minimum Gasteiger partial charge on any atom is -0.311 e. The highest BCUT2D eigenvalue weighted by molar-refractivity contribution is 6.03. The number of fused-ring (bicyclic) bond motifs is 10. The Labute approximate surface area is 714 Å². The van der Waals surface area contributed by atoms with Gasteiger partial charge in [-0.25, -0.2) is 0 Å². The van der Waals surface area contributed by atoms with Gasteiger partial charge in [0.1, 0.15) is 0 Å². The highest BCUT2D eigenvalue weighted by Crippen LogP contribution is 2.57. The van der Waals surface area contributed by atoms with E-state index in [1.807, 2.05) is 0 Å². The van der Waals surface area contributed by atoms with Crippen molar-refractivity contribution in [2.45, 2.75) is 38.5 Å². The van der Waals surface area contributed by atoms with Crippen molar-refractivity contribution >= 4 is 55.9 Å². The van der Waals surface area contributed by atoms with Gasteiger partial charge < -0.3 is 18.9 Å². The summed E-state index contributed by atoms with van der Waals surface area (Å²) in [6, 6.07) is 167. The quantitative estimate of drug-likeness (QED) is 0.0959. The molecule has 4 nitrogen and oxygen atoms in total. The van der Waals surface area contributed by atoms with Crippen molar-refractivity contribution in [3.63, 3.8) is 0 Å². The topological polar surface area (TPSA) is 16.3 Å². The number of nitrogens with zero attached hydrogens (tertiary/aromatic N) is 4. The molecule has 2 heterocycles. The minimum atomic E-state index is -0.143. The van der Waals surface area contributed by atoms with E-state index in [-0.39, 0.29) is 10.8 Å². The fourth-order valence-corrected chi connectivity index (χ4v) is 19.1. The molecule has 2 aliphatic rings. The van der Waals surface area contributed by atoms with Gasteiger partial charge in [-0.2, -0.15) is 0 Å². The van der Waals surface area contributed by atoms with Crippen LogP contribution in [0.1, 0.15) is 49.9 Å². The lowest BCUT2D eigenvalue weighted by molar-refractivity contribution is 0.666. The SMILES string of the molecule is CC1(C)c2ccccc2-c2c1c1cc(-c3ccc(-c4ccc(N(c5ccc(-c6ccccc6)cc5)c5ccc(-c6ccccc6)cc5)cc4)cc3)ccc1n2-c1ccccc1.CC1(C)c2ccccc2-c2c1c1cc(-c3ccc(-c4ccc(N(c5ccccc5)c5ccc(-c6ccccc6)cc5)cc4)cc3)ccc1n2-c1ccc(-c2ccccc2)cc1. The molecule has 0 atom stereocenters. The molecule has 122 heavy (non-hydrogen) atoms. The number of para-hydroxylation sites is 2. The monoisotopic (exact) mass is 1560 g/mol. The van der Waals surface area contributed by atoms with Gasteiger partial charge in [-0.15, -0.1) is 0 Å². The van der Waals surface area contributed by atoms with Gasteiger partial charge in [0.2, 0.25) is 0 Å². The van der Waals surface area contributed by atoms with Crippen molar-refractivity contribution in [3.05, 3.63) is 483 Å². The second-order valence-electron chi connectivity index (χ2n) is 33.2. The second kappa shape index (κ2) is 31.2. The maximum atomic E-state index is 2.49. The Morgan fingerprint density at radius 2 is 0.385 bits per heavy atom. The number of aromatic nitrogens is 2. The standard InChI is InChI=1S/2C59H44N2/c1-59(2)55-21-13-12-20-53(55)58-57(59)54-40-48(32-39-56(54)61(58)52-37-30-45(31-38-52)42-16-8-4-9-17-42)47-24-22-43(23-25-47)46-28-35-51(36-29-46)60(49-18-10-5-11-19-49)50-33-26-44(27-34-50)41-14-6-3-7-15-41;1-59(2)55-21-13-12-20-53(55)58-57(59)54-40-48(32-39-56(54)61(58)49-18-10-5-11-19-49)47-24-22-43(23-25-47)46-30-37-52(38-31-46)60(50-33-26-44(27-34-50)41-14-6-3-7-15-41)51-35-28-45(29-36-51)42-16-8-4-9-17-42/h2*3-40H,1-2H3. The van der Waals surface area contributed by atoms with E-state index >= 15 is 0 Å². The highest BCUT2D eigenvalue weighted by Gasteiger charge is 2.42. The molecule has 2 aromatic heterocycles. The predicted molar refractivity (Wildman–Crippen MR) is 515 cm³/mol. The summed E-state index contributed by atoms with van der Waals surface area (Å²) in [4.78, 5) is 4.66. The first-order chi connectivity index (χ1) is 60.0. The van der Waals surface area contributed by atoms with Crippen LogP contribution in [0.25, 0.3) is 145 Å². The fraction of sp³-hybridized carbons (Fsp3) is 0.0508. The van der Waals surface area contributed by atoms with Gasteiger partial charge in [0.25, 0.3) is 0 Å². The predicted octanol–water partition coefficient (Wildman–Crippen LogP) is 32.1. The molecule has 0 fully saturated rings. The zero-order valence-electron chi connectivity index (χ0n) is 68.7. The summed E-state index contributed by atoms with van der Waals surface area (Å²) in [5.41, 5.74) is 41.4. The average Bonchev–Trinajstić information content (AvgIpc) is 1.54. The molecule has 580 valence electrons. The lowest BCUT2D eigenvalue weighted by Crippen LogP contribution is -2.14. The molecule has 18 aromatic carbocycles. The first-order valence-electron chi connectivity index (χ1n) is 42.3. The van der Waals surface area contributed by atoms with Crippen LogP contribution in [0.15, 0.2) is 461 Å². The van der Waals surface area contributed by atoms with Crippen LogP contribution in [0.3, 0.4) is 0 Å². The minimum absolute atomic E-state index is 0.119. The summed E-state index contributed by atoms with van der Waals surface area (Å²) in [6.45, 7) is 9.52. The van der Waals surface area contributed by atoms with Crippen molar-refractivity contribution in [1.29, 1.82) is 0 Å². The van der Waals surface area contributed by atoms with Crippen LogP contribution in [0.2, 0.25) is 0 Å². The van der Waals surface area contributed by atoms with Crippen LogP contribution in [0, 0.1) is 0 Å². The van der Waals surface area contributed by atoms with Crippen molar-refractivity contribution in [2.24, 2.45) is 0 Å². The van der Waals surface area contributed by atoms with Gasteiger partial charge >= 0.3 is 0 Å².